The van der Waals surface area contributed by atoms with Crippen LogP contribution in [0.1, 0.15) is 79.9 Å². The van der Waals surface area contributed by atoms with Gasteiger partial charge in [-0.15, -0.1) is 0 Å². The fourth-order valence-corrected chi connectivity index (χ4v) is 5.38. The molecule has 4 heterocycles. The van der Waals surface area contributed by atoms with E-state index in [2.05, 4.69) is 18.9 Å². The van der Waals surface area contributed by atoms with E-state index >= 15 is 0 Å². The summed E-state index contributed by atoms with van der Waals surface area (Å²) in [5, 5.41) is 10.5. The Morgan fingerprint density at radius 1 is 0.955 bits per heavy atom. The maximum atomic E-state index is 12.1. The van der Waals surface area contributed by atoms with Crippen LogP contribution in [0.25, 0.3) is 33.7 Å². The van der Waals surface area contributed by atoms with Crippen LogP contribution in [0.2, 0.25) is 0 Å². The monoisotopic (exact) mass is 588 g/mol. The molecule has 44 heavy (non-hydrogen) atoms. The number of fused-ring (bicyclic) bond motifs is 1. The van der Waals surface area contributed by atoms with Crippen LogP contribution >= 0.6 is 0 Å². The van der Waals surface area contributed by atoms with Gasteiger partial charge in [-0.2, -0.15) is 10.2 Å². The van der Waals surface area contributed by atoms with Crippen molar-refractivity contribution in [1.29, 1.82) is 0 Å². The Kier molecular flexibility index (Phi) is 7.84. The summed E-state index contributed by atoms with van der Waals surface area (Å²) >= 11 is 0. The molecular formula is C34H36N8O2. The summed E-state index contributed by atoms with van der Waals surface area (Å²) in [6.45, 7) is 10.8. The molecule has 10 nitrogen and oxygen atoms in total. The number of imidazole rings is 1. The normalized spacial score (nSPS) is 12.4. The van der Waals surface area contributed by atoms with Crippen LogP contribution in [0.5, 0.6) is 0 Å². The smallest absolute Gasteiger partial charge is 0.248 e. The minimum Gasteiger partial charge on any atom is -0.366 e. The van der Waals surface area contributed by atoms with E-state index in [1.165, 1.54) is 0 Å². The number of amides is 1. The zero-order valence-electron chi connectivity index (χ0n) is 25.5. The number of rotatable bonds is 10. The van der Waals surface area contributed by atoms with Crippen molar-refractivity contribution in [3.05, 3.63) is 108 Å². The molecule has 0 saturated carbocycles. The standard InChI is InChI=1S/C34H36N8O2/c1-21(2)28-15-26(11-12-27(28)33(35)43)42-34-31(32(39-42)22(3)4)30(13-14-36-34)40-18-29(37-20-40)25-16-38-41(17-25)23(5)44-19-24-9-7-6-8-10-24/h6-18,20-23H,19H2,1-5H3,(H2,35,43). The Balaban J connectivity index is 1.33. The Morgan fingerprint density at radius 2 is 1.75 bits per heavy atom. The molecule has 4 aromatic heterocycles. The molecule has 1 unspecified atom stereocenters. The van der Waals surface area contributed by atoms with E-state index in [-0.39, 0.29) is 18.1 Å². The third kappa shape index (κ3) is 5.51. The quantitative estimate of drug-likeness (QED) is 0.194. The van der Waals surface area contributed by atoms with E-state index in [0.717, 1.165) is 50.5 Å². The molecule has 6 aromatic rings. The predicted molar refractivity (Wildman–Crippen MR) is 170 cm³/mol. The number of carbonyl (C=O) groups excluding carboxylic acids is 1. The molecule has 2 aromatic carbocycles. The van der Waals surface area contributed by atoms with Gasteiger partial charge in [0.15, 0.2) is 5.65 Å². The van der Waals surface area contributed by atoms with Crippen molar-refractivity contribution in [3.63, 3.8) is 0 Å². The molecule has 0 bridgehead atoms. The molecule has 0 saturated heterocycles. The van der Waals surface area contributed by atoms with Crippen molar-refractivity contribution in [2.75, 3.05) is 0 Å². The highest BCUT2D eigenvalue weighted by Gasteiger charge is 2.22. The summed E-state index contributed by atoms with van der Waals surface area (Å²) in [6.07, 6.45) is 9.09. The van der Waals surface area contributed by atoms with Gasteiger partial charge in [0, 0.05) is 29.7 Å². The van der Waals surface area contributed by atoms with Crippen molar-refractivity contribution in [3.8, 4) is 22.6 Å². The second-order valence-electron chi connectivity index (χ2n) is 11.5. The molecule has 0 aliphatic carbocycles. The molecule has 0 spiro atoms. The van der Waals surface area contributed by atoms with Crippen LogP contribution in [0.4, 0.5) is 0 Å². The molecule has 1 amide bonds. The van der Waals surface area contributed by atoms with Gasteiger partial charge in [0.25, 0.3) is 0 Å². The minimum absolute atomic E-state index is 0.111. The van der Waals surface area contributed by atoms with Crippen molar-refractivity contribution < 1.29 is 9.53 Å². The van der Waals surface area contributed by atoms with Gasteiger partial charge in [-0.05, 0) is 54.2 Å². The number of nitrogens with two attached hydrogens (primary N) is 1. The van der Waals surface area contributed by atoms with Gasteiger partial charge in [0.1, 0.15) is 6.23 Å². The average molecular weight is 589 g/mol. The lowest BCUT2D eigenvalue weighted by Gasteiger charge is -2.13. The van der Waals surface area contributed by atoms with Gasteiger partial charge < -0.3 is 15.0 Å². The average Bonchev–Trinajstić information content (AvgIpc) is 3.78. The molecule has 1 atom stereocenters. The van der Waals surface area contributed by atoms with Gasteiger partial charge in [-0.1, -0.05) is 58.0 Å². The highest BCUT2D eigenvalue weighted by molar-refractivity contribution is 5.95. The second-order valence-corrected chi connectivity index (χ2v) is 11.5. The number of benzene rings is 2. The molecule has 2 N–H and O–H groups in total. The van der Waals surface area contributed by atoms with Crippen LogP contribution in [0.15, 0.2) is 85.7 Å². The van der Waals surface area contributed by atoms with E-state index in [4.69, 9.17) is 25.5 Å². The number of primary amides is 1. The zero-order valence-corrected chi connectivity index (χ0v) is 25.5. The highest BCUT2D eigenvalue weighted by Crippen LogP contribution is 2.33. The lowest BCUT2D eigenvalue weighted by atomic mass is 9.96. The number of aromatic nitrogens is 7. The summed E-state index contributed by atoms with van der Waals surface area (Å²) in [7, 11) is 0. The molecular weight excluding hydrogens is 552 g/mol. The highest BCUT2D eigenvalue weighted by atomic mass is 16.5. The fourth-order valence-electron chi connectivity index (χ4n) is 5.38. The maximum absolute atomic E-state index is 12.1. The SMILES string of the molecule is CC(C)c1cc(-n2nc(C(C)C)c3c(-n4cnc(-c5cnn(C(C)OCc6ccccc6)c5)c4)ccnc32)ccc1C(N)=O. The topological polar surface area (TPSA) is 119 Å². The van der Waals surface area contributed by atoms with Gasteiger partial charge in [0.05, 0.1) is 47.3 Å². The minimum atomic E-state index is -0.440. The van der Waals surface area contributed by atoms with Gasteiger partial charge in [-0.3, -0.25) is 4.79 Å². The molecule has 0 aliphatic heterocycles. The van der Waals surface area contributed by atoms with Gasteiger partial charge in [0.2, 0.25) is 5.91 Å². The number of pyridine rings is 1. The lowest BCUT2D eigenvalue weighted by Crippen LogP contribution is -2.15. The van der Waals surface area contributed by atoms with Crippen LogP contribution in [0, 0.1) is 0 Å². The Bertz CT molecular complexity index is 1930. The van der Waals surface area contributed by atoms with Crippen molar-refractivity contribution in [1.82, 2.24) is 34.1 Å². The Labute approximate surface area is 256 Å². The number of ether oxygens (including phenoxy) is 1. The van der Waals surface area contributed by atoms with E-state index in [9.17, 15) is 4.79 Å². The van der Waals surface area contributed by atoms with E-state index in [1.54, 1.807) is 29.5 Å². The van der Waals surface area contributed by atoms with Crippen molar-refractivity contribution >= 4 is 16.9 Å². The van der Waals surface area contributed by atoms with Crippen LogP contribution in [0.3, 0.4) is 0 Å². The molecule has 0 radical (unpaired) electrons. The third-order valence-electron chi connectivity index (χ3n) is 7.75. The number of hydrogen-bond donors (Lipinski definition) is 1. The van der Waals surface area contributed by atoms with Crippen molar-refractivity contribution in [2.24, 2.45) is 5.73 Å². The van der Waals surface area contributed by atoms with E-state index in [1.807, 2.05) is 90.9 Å². The van der Waals surface area contributed by atoms with Crippen LogP contribution in [-0.4, -0.2) is 40.0 Å². The van der Waals surface area contributed by atoms with Gasteiger partial charge in [-0.25, -0.2) is 19.3 Å². The third-order valence-corrected chi connectivity index (χ3v) is 7.75. The first-order valence-corrected chi connectivity index (χ1v) is 14.8. The molecule has 0 aliphatic rings. The van der Waals surface area contributed by atoms with E-state index < -0.39 is 5.91 Å². The first-order valence-electron chi connectivity index (χ1n) is 14.8. The predicted octanol–water partition coefficient (Wildman–Crippen LogP) is 6.55. The zero-order chi connectivity index (χ0) is 31.0. The Hall–Kier alpha value is -5.09. The molecule has 0 fully saturated rings. The fraction of sp³-hybridized carbons (Fsp3) is 0.265. The molecule has 10 heteroatoms. The van der Waals surface area contributed by atoms with Crippen LogP contribution in [-0.2, 0) is 11.3 Å². The first-order chi connectivity index (χ1) is 21.2. The number of carbonyl (C=O) groups is 1. The lowest BCUT2D eigenvalue weighted by molar-refractivity contribution is -0.00406. The van der Waals surface area contributed by atoms with Crippen molar-refractivity contribution in [2.45, 2.75) is 59.3 Å². The van der Waals surface area contributed by atoms with Crippen LogP contribution < -0.4 is 5.73 Å². The second kappa shape index (κ2) is 11.9. The maximum Gasteiger partial charge on any atom is 0.248 e. The molecule has 224 valence electrons. The number of nitrogens with zero attached hydrogens (tertiary/aromatic N) is 7. The first kappa shape index (κ1) is 29.0. The summed E-state index contributed by atoms with van der Waals surface area (Å²) in [6, 6.07) is 17.7. The summed E-state index contributed by atoms with van der Waals surface area (Å²) in [5.74, 6) is -0.196. The Morgan fingerprint density at radius 3 is 2.48 bits per heavy atom. The summed E-state index contributed by atoms with van der Waals surface area (Å²) < 4.78 is 11.7. The number of hydrogen-bond acceptors (Lipinski definition) is 6. The largest absolute Gasteiger partial charge is 0.366 e. The molecule has 6 rings (SSSR count). The van der Waals surface area contributed by atoms with Gasteiger partial charge >= 0.3 is 0 Å². The summed E-state index contributed by atoms with van der Waals surface area (Å²) in [5.41, 5.74) is 13.2. The summed E-state index contributed by atoms with van der Waals surface area (Å²) in [4.78, 5) is 21.5. The van der Waals surface area contributed by atoms with E-state index in [0.29, 0.717) is 12.2 Å².